The van der Waals surface area contributed by atoms with Gasteiger partial charge in [-0.25, -0.2) is 12.8 Å². The molecule has 2 aliphatic carbocycles. The van der Waals surface area contributed by atoms with Crippen LogP contribution < -0.4 is 15.6 Å². The highest BCUT2D eigenvalue weighted by Gasteiger charge is 2.46. The van der Waals surface area contributed by atoms with Crippen molar-refractivity contribution in [3.05, 3.63) is 0 Å². The van der Waals surface area contributed by atoms with Crippen LogP contribution >= 0.6 is 11.6 Å². The number of nitrogens with zero attached hydrogens (tertiary/aromatic N) is 1. The molecule has 1 amide bonds. The zero-order valence-corrected chi connectivity index (χ0v) is 18.1. The maximum atomic E-state index is 14.7. The van der Waals surface area contributed by atoms with Crippen molar-refractivity contribution in [2.75, 3.05) is 13.6 Å². The van der Waals surface area contributed by atoms with Gasteiger partial charge in [-0.2, -0.15) is 0 Å². The van der Waals surface area contributed by atoms with Gasteiger partial charge < -0.3 is 5.32 Å². The summed E-state index contributed by atoms with van der Waals surface area (Å²) in [5.41, 5.74) is 2.27. The van der Waals surface area contributed by atoms with Crippen LogP contribution in [0.15, 0.2) is 0 Å². The molecule has 0 aromatic carbocycles. The van der Waals surface area contributed by atoms with Crippen LogP contribution in [0.1, 0.15) is 51.9 Å². The fraction of sp³-hybridized carbons (Fsp3) is 0.944. The topological polar surface area (TPSA) is 90.5 Å². The SMILES string of the molecule is CC1NCC(C2CC(Cl)C(F)C(C(=O)NNS(=O)(=O)C3CCCCC3)C2)N1C. The molecule has 6 unspecified atom stereocenters. The predicted octanol–water partition coefficient (Wildman–Crippen LogP) is 1.49. The second-order valence-electron chi connectivity index (χ2n) is 8.51. The van der Waals surface area contributed by atoms with Gasteiger partial charge in [0.2, 0.25) is 15.9 Å². The van der Waals surface area contributed by atoms with Crippen LogP contribution in [0, 0.1) is 11.8 Å². The monoisotopic (exact) mass is 438 g/mol. The van der Waals surface area contributed by atoms with Gasteiger partial charge in [-0.1, -0.05) is 19.3 Å². The maximum Gasteiger partial charge on any atom is 0.241 e. The number of nitrogens with one attached hydrogen (secondary N) is 3. The molecule has 3 rings (SSSR count). The van der Waals surface area contributed by atoms with Crippen LogP contribution in [0.3, 0.4) is 0 Å². The van der Waals surface area contributed by atoms with Crippen molar-refractivity contribution in [1.82, 2.24) is 20.5 Å². The van der Waals surface area contributed by atoms with Crippen LogP contribution in [0.5, 0.6) is 0 Å². The summed E-state index contributed by atoms with van der Waals surface area (Å²) in [7, 11) is -1.64. The van der Waals surface area contributed by atoms with E-state index in [9.17, 15) is 17.6 Å². The number of carbonyl (C=O) groups is 1. The Morgan fingerprint density at radius 3 is 2.50 bits per heavy atom. The average Bonchev–Trinajstić information content (AvgIpc) is 3.01. The fourth-order valence-electron chi connectivity index (χ4n) is 4.83. The van der Waals surface area contributed by atoms with Crippen molar-refractivity contribution in [3.63, 3.8) is 0 Å². The lowest BCUT2D eigenvalue weighted by Gasteiger charge is -2.39. The van der Waals surface area contributed by atoms with E-state index in [1.54, 1.807) is 0 Å². The van der Waals surface area contributed by atoms with Crippen molar-refractivity contribution < 1.29 is 17.6 Å². The normalized spacial score (nSPS) is 38.4. The van der Waals surface area contributed by atoms with Crippen LogP contribution in [0.2, 0.25) is 0 Å². The van der Waals surface area contributed by atoms with Gasteiger partial charge in [0.25, 0.3) is 0 Å². The van der Waals surface area contributed by atoms with E-state index in [-0.39, 0.29) is 18.1 Å². The fourth-order valence-corrected chi connectivity index (χ4v) is 6.60. The van der Waals surface area contributed by atoms with Crippen molar-refractivity contribution in [1.29, 1.82) is 0 Å². The number of hydrogen-bond acceptors (Lipinski definition) is 5. The molecule has 3 fully saturated rings. The van der Waals surface area contributed by atoms with E-state index < -0.39 is 38.6 Å². The zero-order chi connectivity index (χ0) is 20.5. The number of sulfonamides is 1. The molecule has 0 aromatic heterocycles. The Balaban J connectivity index is 1.61. The molecule has 7 nitrogen and oxygen atoms in total. The molecule has 1 heterocycles. The average molecular weight is 439 g/mol. The summed E-state index contributed by atoms with van der Waals surface area (Å²) < 4.78 is 39.5. The van der Waals surface area contributed by atoms with Crippen LogP contribution in [0.4, 0.5) is 4.39 Å². The highest BCUT2D eigenvalue weighted by Crippen LogP contribution is 2.38. The Morgan fingerprint density at radius 1 is 1.21 bits per heavy atom. The third-order valence-corrected chi connectivity index (χ3v) is 8.91. The van der Waals surface area contributed by atoms with Gasteiger partial charge in [-0.15, -0.1) is 16.4 Å². The lowest BCUT2D eigenvalue weighted by molar-refractivity contribution is -0.129. The Labute approximate surface area is 172 Å². The van der Waals surface area contributed by atoms with E-state index in [0.717, 1.165) is 25.8 Å². The van der Waals surface area contributed by atoms with Crippen LogP contribution in [-0.4, -0.2) is 61.8 Å². The van der Waals surface area contributed by atoms with Crippen molar-refractivity contribution in [2.45, 2.75) is 80.9 Å². The standard InChI is InChI=1S/C18H32ClFN4O3S/c1-11-21-10-16(24(11)2)12-8-14(17(20)15(19)9-12)18(25)22-23-28(26,27)13-6-4-3-5-7-13/h11-17,21,23H,3-10H2,1-2H3,(H,22,25). The molecular weight excluding hydrogens is 407 g/mol. The first-order valence-corrected chi connectivity index (χ1v) is 12.2. The Morgan fingerprint density at radius 2 is 1.89 bits per heavy atom. The second kappa shape index (κ2) is 9.12. The molecule has 2 saturated carbocycles. The molecule has 0 bridgehead atoms. The molecule has 0 spiro atoms. The second-order valence-corrected chi connectivity index (χ2v) is 11.0. The van der Waals surface area contributed by atoms with Crippen molar-refractivity contribution >= 4 is 27.5 Å². The van der Waals surface area contributed by atoms with E-state index >= 15 is 0 Å². The summed E-state index contributed by atoms with van der Waals surface area (Å²) >= 11 is 6.24. The Bertz CT molecular complexity index is 661. The summed E-state index contributed by atoms with van der Waals surface area (Å²) in [6.45, 7) is 2.83. The van der Waals surface area contributed by atoms with Gasteiger partial charge in [0, 0.05) is 12.6 Å². The van der Waals surface area contributed by atoms with Gasteiger partial charge in [0.15, 0.2) is 0 Å². The van der Waals surface area contributed by atoms with E-state index in [0.29, 0.717) is 25.7 Å². The number of likely N-dealkylation sites (N-methyl/N-ethyl adjacent to an activating group) is 1. The largest absolute Gasteiger partial charge is 0.300 e. The molecule has 0 radical (unpaired) electrons. The van der Waals surface area contributed by atoms with E-state index in [1.807, 2.05) is 7.05 Å². The third kappa shape index (κ3) is 4.80. The van der Waals surface area contributed by atoms with E-state index in [4.69, 9.17) is 11.6 Å². The lowest BCUT2D eigenvalue weighted by Crippen LogP contribution is -2.53. The smallest absolute Gasteiger partial charge is 0.241 e. The Hall–Kier alpha value is -0.480. The molecule has 0 aromatic rings. The summed E-state index contributed by atoms with van der Waals surface area (Å²) in [5, 5.41) is 2.11. The molecule has 162 valence electrons. The zero-order valence-electron chi connectivity index (χ0n) is 16.5. The quantitative estimate of drug-likeness (QED) is 0.447. The minimum Gasteiger partial charge on any atom is -0.300 e. The highest BCUT2D eigenvalue weighted by molar-refractivity contribution is 7.90. The molecule has 1 saturated heterocycles. The minimum atomic E-state index is -3.65. The first kappa shape index (κ1) is 22.2. The highest BCUT2D eigenvalue weighted by atomic mass is 35.5. The summed E-state index contributed by atoms with van der Waals surface area (Å²) in [6, 6.07) is 0.179. The summed E-state index contributed by atoms with van der Waals surface area (Å²) in [5.74, 6) is -1.52. The summed E-state index contributed by atoms with van der Waals surface area (Å²) in [6.07, 6.45) is 3.53. The lowest BCUT2D eigenvalue weighted by atomic mass is 9.76. The van der Waals surface area contributed by atoms with E-state index in [2.05, 4.69) is 27.4 Å². The first-order valence-electron chi connectivity index (χ1n) is 10.2. The number of rotatable bonds is 5. The number of amides is 1. The van der Waals surface area contributed by atoms with Gasteiger partial charge in [-0.05, 0) is 45.6 Å². The number of halogens is 2. The van der Waals surface area contributed by atoms with Crippen LogP contribution in [0.25, 0.3) is 0 Å². The minimum absolute atomic E-state index is 0.0719. The van der Waals surface area contributed by atoms with E-state index in [1.165, 1.54) is 0 Å². The predicted molar refractivity (Wildman–Crippen MR) is 107 cm³/mol. The van der Waals surface area contributed by atoms with Gasteiger partial charge in [0.1, 0.15) is 6.17 Å². The van der Waals surface area contributed by atoms with Crippen molar-refractivity contribution in [2.24, 2.45) is 11.8 Å². The molecule has 6 atom stereocenters. The van der Waals surface area contributed by atoms with Crippen molar-refractivity contribution in [3.8, 4) is 0 Å². The molecule has 28 heavy (non-hydrogen) atoms. The van der Waals surface area contributed by atoms with Gasteiger partial charge in [0.05, 0.1) is 22.7 Å². The molecule has 1 aliphatic heterocycles. The summed E-state index contributed by atoms with van der Waals surface area (Å²) in [4.78, 5) is 17.0. The number of hydrazine groups is 1. The first-order chi connectivity index (χ1) is 13.2. The molecular formula is C18H32ClFN4O3S. The number of carbonyl (C=O) groups excluding carboxylic acids is 1. The maximum absolute atomic E-state index is 14.7. The molecule has 3 aliphatic rings. The number of alkyl halides is 2. The van der Waals surface area contributed by atoms with Gasteiger partial charge in [-0.3, -0.25) is 15.1 Å². The third-order valence-electron chi connectivity index (χ3n) is 6.76. The van der Waals surface area contributed by atoms with Crippen LogP contribution in [-0.2, 0) is 14.8 Å². The van der Waals surface area contributed by atoms with Gasteiger partial charge >= 0.3 is 0 Å². The Kier molecular flexibility index (Phi) is 7.23. The number of hydrogen-bond donors (Lipinski definition) is 3. The molecule has 10 heteroatoms. The molecule has 3 N–H and O–H groups in total.